The molecule has 0 amide bonds. The molecule has 2 nitrogen and oxygen atoms in total. The minimum atomic E-state index is 0.609. The summed E-state index contributed by atoms with van der Waals surface area (Å²) in [6.45, 7) is 0. The second-order valence-electron chi connectivity index (χ2n) is 2.15. The molecule has 56 valence electrons. The van der Waals surface area contributed by atoms with Gasteiger partial charge < -0.3 is 5.73 Å². The molecule has 2 rings (SSSR count). The quantitative estimate of drug-likeness (QED) is 0.754. The van der Waals surface area contributed by atoms with Gasteiger partial charge in [-0.05, 0) is 27.4 Å². The summed E-state index contributed by atoms with van der Waals surface area (Å²) in [7, 11) is 0. The van der Waals surface area contributed by atoms with Crippen molar-refractivity contribution in [2.75, 3.05) is 5.73 Å². The molecule has 0 bridgehead atoms. The van der Waals surface area contributed by atoms with Gasteiger partial charge in [0.05, 0.1) is 4.70 Å². The van der Waals surface area contributed by atoms with E-state index in [0.29, 0.717) is 5.82 Å². The van der Waals surface area contributed by atoms with E-state index in [9.17, 15) is 0 Å². The van der Waals surface area contributed by atoms with E-state index in [-0.39, 0.29) is 0 Å². The van der Waals surface area contributed by atoms with Crippen LogP contribution in [-0.4, -0.2) is 4.98 Å². The summed E-state index contributed by atoms with van der Waals surface area (Å²) in [4.78, 5) is 4.02. The number of pyridine rings is 1. The second kappa shape index (κ2) is 2.46. The van der Waals surface area contributed by atoms with Crippen LogP contribution in [0.5, 0.6) is 0 Å². The summed E-state index contributed by atoms with van der Waals surface area (Å²) in [6, 6.07) is 2.03. The third kappa shape index (κ3) is 1.02. The van der Waals surface area contributed by atoms with Gasteiger partial charge in [-0.1, -0.05) is 0 Å². The van der Waals surface area contributed by atoms with E-state index in [2.05, 4.69) is 20.9 Å². The summed E-state index contributed by atoms with van der Waals surface area (Å²) in [5, 5.41) is 3.15. The average Bonchev–Trinajstić information content (AvgIpc) is 2.45. The summed E-state index contributed by atoms with van der Waals surface area (Å²) >= 11 is 5.01. The number of hydrogen-bond donors (Lipinski definition) is 1. The maximum absolute atomic E-state index is 5.65. The van der Waals surface area contributed by atoms with E-state index in [1.54, 1.807) is 17.5 Å². The third-order valence-electron chi connectivity index (χ3n) is 1.47. The standard InChI is InChI=1S/C7H5BrN2S/c8-5-3-10-7(9)6-4(5)1-2-11-6/h1-3H,(H2,9,10). The zero-order chi connectivity index (χ0) is 7.84. The van der Waals surface area contributed by atoms with Gasteiger partial charge in [0, 0.05) is 16.1 Å². The zero-order valence-electron chi connectivity index (χ0n) is 5.54. The Kier molecular flexibility index (Phi) is 1.58. The van der Waals surface area contributed by atoms with Crippen molar-refractivity contribution in [3.63, 3.8) is 0 Å². The Bertz CT molecular complexity index is 360. The van der Waals surface area contributed by atoms with Crippen LogP contribution in [0.25, 0.3) is 10.1 Å². The van der Waals surface area contributed by atoms with Crippen LogP contribution in [0.3, 0.4) is 0 Å². The lowest BCUT2D eigenvalue weighted by Gasteiger charge is -1.95. The number of aromatic nitrogens is 1. The molecule has 0 aliphatic heterocycles. The van der Waals surface area contributed by atoms with Gasteiger partial charge >= 0.3 is 0 Å². The first-order chi connectivity index (χ1) is 5.29. The molecule has 0 spiro atoms. The monoisotopic (exact) mass is 228 g/mol. The molecular formula is C7H5BrN2S. The smallest absolute Gasteiger partial charge is 0.141 e. The third-order valence-corrected chi connectivity index (χ3v) is 3.04. The molecule has 2 aromatic heterocycles. The Morgan fingerprint density at radius 3 is 3.09 bits per heavy atom. The largest absolute Gasteiger partial charge is 0.383 e. The summed E-state index contributed by atoms with van der Waals surface area (Å²) in [5.41, 5.74) is 5.65. The van der Waals surface area contributed by atoms with Crippen molar-refractivity contribution >= 4 is 43.2 Å². The zero-order valence-corrected chi connectivity index (χ0v) is 7.95. The summed E-state index contributed by atoms with van der Waals surface area (Å²) < 4.78 is 2.06. The normalized spacial score (nSPS) is 10.6. The molecular weight excluding hydrogens is 224 g/mol. The second-order valence-corrected chi connectivity index (χ2v) is 3.93. The first-order valence-corrected chi connectivity index (χ1v) is 4.73. The Morgan fingerprint density at radius 1 is 1.55 bits per heavy atom. The van der Waals surface area contributed by atoms with Crippen LogP contribution in [-0.2, 0) is 0 Å². The lowest BCUT2D eigenvalue weighted by atomic mass is 10.3. The van der Waals surface area contributed by atoms with E-state index < -0.39 is 0 Å². The highest BCUT2D eigenvalue weighted by atomic mass is 79.9. The molecule has 0 radical (unpaired) electrons. The number of thiophene rings is 1. The summed E-state index contributed by atoms with van der Waals surface area (Å²) in [6.07, 6.45) is 1.73. The van der Waals surface area contributed by atoms with Gasteiger partial charge in [0.2, 0.25) is 0 Å². The molecule has 0 aliphatic carbocycles. The number of fused-ring (bicyclic) bond motifs is 1. The molecule has 0 fully saturated rings. The van der Waals surface area contributed by atoms with E-state index in [4.69, 9.17) is 5.73 Å². The molecule has 0 atom stereocenters. The van der Waals surface area contributed by atoms with Crippen LogP contribution in [0.15, 0.2) is 22.1 Å². The fourth-order valence-electron chi connectivity index (χ4n) is 0.950. The maximum atomic E-state index is 5.65. The van der Waals surface area contributed by atoms with Crippen LogP contribution in [0.4, 0.5) is 5.82 Å². The topological polar surface area (TPSA) is 38.9 Å². The molecule has 2 N–H and O–H groups in total. The number of anilines is 1. The maximum Gasteiger partial charge on any atom is 0.141 e. The summed E-state index contributed by atoms with van der Waals surface area (Å²) in [5.74, 6) is 0.609. The number of nitrogens with two attached hydrogens (primary N) is 1. The minimum absolute atomic E-state index is 0.609. The SMILES string of the molecule is Nc1ncc(Br)c2ccsc12. The molecule has 11 heavy (non-hydrogen) atoms. The van der Waals surface area contributed by atoms with Gasteiger partial charge in [0.25, 0.3) is 0 Å². The predicted molar refractivity (Wildman–Crippen MR) is 51.7 cm³/mol. The molecule has 0 aromatic carbocycles. The van der Waals surface area contributed by atoms with Crippen molar-refractivity contribution in [1.29, 1.82) is 0 Å². The van der Waals surface area contributed by atoms with Gasteiger partial charge in [-0.2, -0.15) is 0 Å². The first-order valence-electron chi connectivity index (χ1n) is 3.06. The Morgan fingerprint density at radius 2 is 2.36 bits per heavy atom. The lowest BCUT2D eigenvalue weighted by molar-refractivity contribution is 1.36. The van der Waals surface area contributed by atoms with Crippen molar-refractivity contribution < 1.29 is 0 Å². The number of nitrogens with zero attached hydrogens (tertiary/aromatic N) is 1. The first kappa shape index (κ1) is 7.06. The molecule has 0 unspecified atom stereocenters. The molecule has 2 heterocycles. The van der Waals surface area contributed by atoms with Crippen LogP contribution >= 0.6 is 27.3 Å². The van der Waals surface area contributed by atoms with Crippen LogP contribution in [0.2, 0.25) is 0 Å². The molecule has 4 heteroatoms. The van der Waals surface area contributed by atoms with Crippen LogP contribution in [0.1, 0.15) is 0 Å². The van der Waals surface area contributed by atoms with Gasteiger partial charge in [-0.25, -0.2) is 4.98 Å². The number of rotatable bonds is 0. The van der Waals surface area contributed by atoms with Gasteiger partial charge in [-0.15, -0.1) is 11.3 Å². The van der Waals surface area contributed by atoms with Crippen molar-refractivity contribution in [3.8, 4) is 0 Å². The Balaban J connectivity index is 2.96. The molecule has 0 aliphatic rings. The van der Waals surface area contributed by atoms with Gasteiger partial charge in [0.1, 0.15) is 5.82 Å². The number of nitrogen functional groups attached to an aromatic ring is 1. The highest BCUT2D eigenvalue weighted by Crippen LogP contribution is 2.30. The molecule has 0 saturated carbocycles. The highest BCUT2D eigenvalue weighted by Gasteiger charge is 2.02. The van der Waals surface area contributed by atoms with E-state index in [0.717, 1.165) is 14.6 Å². The van der Waals surface area contributed by atoms with Gasteiger partial charge in [0.15, 0.2) is 0 Å². The number of halogens is 1. The van der Waals surface area contributed by atoms with E-state index in [1.165, 1.54) is 0 Å². The fraction of sp³-hybridized carbons (Fsp3) is 0. The molecule has 2 aromatic rings. The predicted octanol–water partition coefficient (Wildman–Crippen LogP) is 2.64. The highest BCUT2D eigenvalue weighted by molar-refractivity contribution is 9.10. The van der Waals surface area contributed by atoms with Crippen LogP contribution in [0, 0.1) is 0 Å². The Labute approximate surface area is 76.2 Å². The number of hydrogen-bond acceptors (Lipinski definition) is 3. The average molecular weight is 229 g/mol. The minimum Gasteiger partial charge on any atom is -0.383 e. The lowest BCUT2D eigenvalue weighted by Crippen LogP contribution is -1.88. The van der Waals surface area contributed by atoms with Crippen molar-refractivity contribution in [3.05, 3.63) is 22.1 Å². The van der Waals surface area contributed by atoms with Crippen LogP contribution < -0.4 is 5.73 Å². The van der Waals surface area contributed by atoms with Crippen molar-refractivity contribution in [2.45, 2.75) is 0 Å². The molecule has 0 saturated heterocycles. The van der Waals surface area contributed by atoms with E-state index in [1.807, 2.05) is 11.4 Å². The van der Waals surface area contributed by atoms with Crippen molar-refractivity contribution in [2.24, 2.45) is 0 Å². The Hall–Kier alpha value is -0.610. The van der Waals surface area contributed by atoms with Gasteiger partial charge in [-0.3, -0.25) is 0 Å². The van der Waals surface area contributed by atoms with E-state index >= 15 is 0 Å². The fourth-order valence-corrected chi connectivity index (χ4v) is 2.33. The van der Waals surface area contributed by atoms with Crippen molar-refractivity contribution in [1.82, 2.24) is 4.98 Å².